The molecule has 0 fully saturated rings. The summed E-state index contributed by atoms with van der Waals surface area (Å²) in [6, 6.07) is 3.38. The molecule has 1 aromatic carbocycles. The van der Waals surface area contributed by atoms with Crippen molar-refractivity contribution in [2.75, 3.05) is 6.54 Å². The van der Waals surface area contributed by atoms with Gasteiger partial charge in [-0.25, -0.2) is 18.8 Å². The summed E-state index contributed by atoms with van der Waals surface area (Å²) in [5.41, 5.74) is 1.29. The van der Waals surface area contributed by atoms with E-state index >= 15 is 0 Å². The van der Waals surface area contributed by atoms with Gasteiger partial charge in [-0.2, -0.15) is 0 Å². The summed E-state index contributed by atoms with van der Waals surface area (Å²) in [5.74, 6) is -0.392. The molecule has 1 heterocycles. The molecule has 0 saturated heterocycles. The first-order valence-electron chi connectivity index (χ1n) is 8.20. The van der Waals surface area contributed by atoms with Crippen molar-refractivity contribution < 1.29 is 8.78 Å². The molecule has 4 nitrogen and oxygen atoms in total. The lowest BCUT2D eigenvalue weighted by Gasteiger charge is -2.14. The first-order chi connectivity index (χ1) is 11.8. The maximum Gasteiger partial charge on any atom is 0.191 e. The Bertz CT molecular complexity index is 735. The van der Waals surface area contributed by atoms with Gasteiger partial charge in [-0.15, -0.1) is 11.3 Å². The van der Waals surface area contributed by atoms with E-state index in [0.29, 0.717) is 19.0 Å². The summed E-state index contributed by atoms with van der Waals surface area (Å²) in [6.07, 6.45) is 0. The van der Waals surface area contributed by atoms with E-state index in [4.69, 9.17) is 0 Å². The zero-order chi connectivity index (χ0) is 18.4. The lowest BCUT2D eigenvalue weighted by atomic mass is 9.93. The van der Waals surface area contributed by atoms with Crippen molar-refractivity contribution in [2.45, 2.75) is 46.2 Å². The number of nitrogens with one attached hydrogen (secondary N) is 2. The minimum atomic E-state index is -0.470. The third kappa shape index (κ3) is 5.77. The van der Waals surface area contributed by atoms with Gasteiger partial charge in [0.2, 0.25) is 0 Å². The van der Waals surface area contributed by atoms with Gasteiger partial charge in [-0.1, -0.05) is 20.8 Å². The fourth-order valence-corrected chi connectivity index (χ4v) is 3.03. The van der Waals surface area contributed by atoms with Crippen LogP contribution in [-0.2, 0) is 18.5 Å². The maximum atomic E-state index is 13.7. The third-order valence-electron chi connectivity index (χ3n) is 3.49. The predicted octanol–water partition coefficient (Wildman–Crippen LogP) is 3.97. The largest absolute Gasteiger partial charge is 0.357 e. The number of thiazole rings is 1. The molecule has 0 saturated carbocycles. The molecular formula is C18H24F2N4S. The highest BCUT2D eigenvalue weighted by Crippen LogP contribution is 2.23. The van der Waals surface area contributed by atoms with Crippen LogP contribution in [-0.4, -0.2) is 17.5 Å². The van der Waals surface area contributed by atoms with E-state index in [1.54, 1.807) is 11.3 Å². The molecule has 0 aliphatic rings. The number of halogens is 2. The van der Waals surface area contributed by atoms with E-state index in [-0.39, 0.29) is 17.5 Å². The SMILES string of the molecule is CCNC(=NCc1cc(F)ccc1F)NCc1nc(C(C)(C)C)cs1. The van der Waals surface area contributed by atoms with Crippen LogP contribution in [0.5, 0.6) is 0 Å². The Balaban J connectivity index is 2.02. The first kappa shape index (κ1) is 19.3. The molecule has 136 valence electrons. The van der Waals surface area contributed by atoms with Crippen LogP contribution in [0.3, 0.4) is 0 Å². The zero-order valence-corrected chi connectivity index (χ0v) is 15.8. The minimum absolute atomic E-state index is 0.0161. The number of benzene rings is 1. The molecule has 0 atom stereocenters. The van der Waals surface area contributed by atoms with Crippen LogP contribution in [0.25, 0.3) is 0 Å². The van der Waals surface area contributed by atoms with Crippen LogP contribution < -0.4 is 10.6 Å². The van der Waals surface area contributed by atoms with Crippen LogP contribution in [0.4, 0.5) is 8.78 Å². The Morgan fingerprint density at radius 2 is 2.00 bits per heavy atom. The molecule has 0 aliphatic heterocycles. The summed E-state index contributed by atoms with van der Waals surface area (Å²) in [6.45, 7) is 9.57. The molecule has 0 spiro atoms. The molecule has 0 radical (unpaired) electrons. The molecule has 2 aromatic rings. The van der Waals surface area contributed by atoms with Crippen molar-refractivity contribution in [3.8, 4) is 0 Å². The Morgan fingerprint density at radius 1 is 1.24 bits per heavy atom. The summed E-state index contributed by atoms with van der Waals surface area (Å²) < 4.78 is 26.9. The number of nitrogens with zero attached hydrogens (tertiary/aromatic N) is 2. The quantitative estimate of drug-likeness (QED) is 0.622. The highest BCUT2D eigenvalue weighted by atomic mass is 32.1. The second-order valence-corrected chi connectivity index (χ2v) is 7.60. The van der Waals surface area contributed by atoms with Gasteiger partial charge < -0.3 is 10.6 Å². The second kappa shape index (κ2) is 8.38. The van der Waals surface area contributed by atoms with Crippen molar-refractivity contribution in [3.05, 3.63) is 51.5 Å². The molecular weight excluding hydrogens is 342 g/mol. The molecule has 0 amide bonds. The van der Waals surface area contributed by atoms with Gasteiger partial charge in [0.1, 0.15) is 16.6 Å². The fourth-order valence-electron chi connectivity index (χ4n) is 2.07. The smallest absolute Gasteiger partial charge is 0.191 e. The summed E-state index contributed by atoms with van der Waals surface area (Å²) in [5, 5.41) is 9.28. The maximum absolute atomic E-state index is 13.7. The van der Waals surface area contributed by atoms with Gasteiger partial charge in [-0.05, 0) is 25.1 Å². The number of aliphatic imine (C=N–C) groups is 1. The Kier molecular flexibility index (Phi) is 6.47. The molecule has 0 bridgehead atoms. The van der Waals surface area contributed by atoms with Gasteiger partial charge in [0.05, 0.1) is 18.8 Å². The molecule has 7 heteroatoms. The van der Waals surface area contributed by atoms with E-state index < -0.39 is 11.6 Å². The molecule has 0 unspecified atom stereocenters. The topological polar surface area (TPSA) is 49.3 Å². The molecule has 0 aliphatic carbocycles. The molecule has 2 rings (SSSR count). The summed E-state index contributed by atoms with van der Waals surface area (Å²) in [7, 11) is 0. The molecule has 2 N–H and O–H groups in total. The van der Waals surface area contributed by atoms with Gasteiger partial charge in [0.15, 0.2) is 5.96 Å². The van der Waals surface area contributed by atoms with E-state index in [2.05, 4.69) is 46.8 Å². The number of rotatable bonds is 5. The van der Waals surface area contributed by atoms with E-state index in [1.807, 2.05) is 6.92 Å². The van der Waals surface area contributed by atoms with Gasteiger partial charge >= 0.3 is 0 Å². The normalized spacial score (nSPS) is 12.3. The van der Waals surface area contributed by atoms with Crippen LogP contribution in [0.1, 0.15) is 44.0 Å². The molecule has 25 heavy (non-hydrogen) atoms. The lowest BCUT2D eigenvalue weighted by molar-refractivity contribution is 0.570. The van der Waals surface area contributed by atoms with Crippen LogP contribution in [0, 0.1) is 11.6 Å². The first-order valence-corrected chi connectivity index (χ1v) is 9.08. The van der Waals surface area contributed by atoms with Crippen molar-refractivity contribution in [2.24, 2.45) is 4.99 Å². The van der Waals surface area contributed by atoms with Gasteiger partial charge in [0.25, 0.3) is 0 Å². The third-order valence-corrected chi connectivity index (χ3v) is 4.34. The van der Waals surface area contributed by atoms with Gasteiger partial charge in [-0.3, -0.25) is 0 Å². The fraction of sp³-hybridized carbons (Fsp3) is 0.444. The summed E-state index contributed by atoms with van der Waals surface area (Å²) in [4.78, 5) is 8.94. The average Bonchev–Trinajstić information content (AvgIpc) is 3.02. The number of hydrogen-bond donors (Lipinski definition) is 2. The van der Waals surface area contributed by atoms with Gasteiger partial charge in [0, 0.05) is 22.9 Å². The Morgan fingerprint density at radius 3 is 2.64 bits per heavy atom. The zero-order valence-electron chi connectivity index (χ0n) is 15.0. The average molecular weight is 366 g/mol. The number of aromatic nitrogens is 1. The van der Waals surface area contributed by atoms with Crippen molar-refractivity contribution >= 4 is 17.3 Å². The van der Waals surface area contributed by atoms with E-state index in [1.165, 1.54) is 6.07 Å². The number of hydrogen-bond acceptors (Lipinski definition) is 3. The lowest BCUT2D eigenvalue weighted by Crippen LogP contribution is -2.36. The summed E-state index contributed by atoms with van der Waals surface area (Å²) >= 11 is 1.59. The molecule has 1 aromatic heterocycles. The van der Waals surface area contributed by atoms with Crippen LogP contribution in [0.2, 0.25) is 0 Å². The van der Waals surface area contributed by atoms with Crippen molar-refractivity contribution in [1.82, 2.24) is 15.6 Å². The highest BCUT2D eigenvalue weighted by Gasteiger charge is 2.17. The van der Waals surface area contributed by atoms with E-state index in [0.717, 1.165) is 22.8 Å². The predicted molar refractivity (Wildman–Crippen MR) is 98.8 cm³/mol. The monoisotopic (exact) mass is 366 g/mol. The van der Waals surface area contributed by atoms with E-state index in [9.17, 15) is 8.78 Å². The van der Waals surface area contributed by atoms with Crippen LogP contribution >= 0.6 is 11.3 Å². The van der Waals surface area contributed by atoms with Crippen molar-refractivity contribution in [3.63, 3.8) is 0 Å². The standard InChI is InChI=1S/C18H24F2N4S/c1-5-21-17(22-9-12-8-13(19)6-7-14(12)20)23-10-16-24-15(11-25-16)18(2,3)4/h6-8,11H,5,9-10H2,1-4H3,(H2,21,22,23). The Labute approximate surface area is 151 Å². The Hall–Kier alpha value is -2.02. The van der Waals surface area contributed by atoms with Crippen molar-refractivity contribution in [1.29, 1.82) is 0 Å². The minimum Gasteiger partial charge on any atom is -0.357 e. The second-order valence-electron chi connectivity index (χ2n) is 6.66. The van der Waals surface area contributed by atoms with Crippen LogP contribution in [0.15, 0.2) is 28.6 Å². The number of guanidine groups is 1. The highest BCUT2D eigenvalue weighted by molar-refractivity contribution is 7.09.